The molecule has 2 amide bonds. The molecular weight excluding hydrogens is 403 g/mol. The smallest absolute Gasteiger partial charge is 0.335 e. The van der Waals surface area contributed by atoms with E-state index in [0.717, 1.165) is 9.47 Å². The highest BCUT2D eigenvalue weighted by atomic mass is 19.4. The van der Waals surface area contributed by atoms with E-state index in [1.807, 2.05) is 0 Å². The number of likely N-dealkylation sites (tertiary alicyclic amines) is 1. The van der Waals surface area contributed by atoms with E-state index in [1.165, 1.54) is 4.90 Å². The first-order valence-corrected chi connectivity index (χ1v) is 9.10. The molecule has 0 bridgehead atoms. The fourth-order valence-corrected chi connectivity index (χ4v) is 3.50. The minimum Gasteiger partial charge on any atom is -0.335 e. The number of carbonyl (C=O) groups excluding carboxylic acids is 2. The predicted molar refractivity (Wildman–Crippen MR) is 88.7 cm³/mol. The minimum atomic E-state index is -4.63. The number of alkyl halides is 5. The van der Waals surface area contributed by atoms with Crippen molar-refractivity contribution in [3.8, 4) is 0 Å². The number of nitrogens with zero attached hydrogens (tertiary/aromatic N) is 5. The molecule has 29 heavy (non-hydrogen) atoms. The summed E-state index contributed by atoms with van der Waals surface area (Å²) in [5.41, 5.74) is 0. The number of hydrogen-bond donors (Lipinski definition) is 1. The van der Waals surface area contributed by atoms with Gasteiger partial charge in [0.15, 0.2) is 5.82 Å². The normalized spacial score (nSPS) is 20.6. The molecular formula is C16H21F5N6O2. The fraction of sp³-hybridized carbons (Fsp3) is 0.750. The molecule has 162 valence electrons. The maximum atomic E-state index is 13.6. The van der Waals surface area contributed by atoms with Crippen molar-refractivity contribution in [1.82, 2.24) is 29.9 Å². The maximum Gasteiger partial charge on any atom is 0.451 e. The first kappa shape index (κ1) is 21.4. The fourth-order valence-electron chi connectivity index (χ4n) is 3.50. The summed E-state index contributed by atoms with van der Waals surface area (Å²) in [4.78, 5) is 26.9. The van der Waals surface area contributed by atoms with Gasteiger partial charge in [-0.15, -0.1) is 10.2 Å². The lowest BCUT2D eigenvalue weighted by Crippen LogP contribution is -2.52. The van der Waals surface area contributed by atoms with Crippen LogP contribution >= 0.6 is 0 Å². The summed E-state index contributed by atoms with van der Waals surface area (Å²) < 4.78 is 66.8. The second-order valence-electron chi connectivity index (χ2n) is 7.22. The van der Waals surface area contributed by atoms with Crippen molar-refractivity contribution in [1.29, 1.82) is 0 Å². The van der Waals surface area contributed by atoms with Crippen LogP contribution in [-0.2, 0) is 28.9 Å². The summed E-state index contributed by atoms with van der Waals surface area (Å²) in [5.74, 6) is -4.79. The molecule has 1 aromatic heterocycles. The standard InChI is InChI=1S/C16H21F5N6O2/c1-22-10(7-26-9-15(17,18)3-2-12(26)28)6-13(29)25-4-5-27-11(8-25)23-24-14(27)16(19,20)21/h10,22H,2-9H2,1H3/t10-/m0/s1. The van der Waals surface area contributed by atoms with Gasteiger partial charge >= 0.3 is 6.18 Å². The predicted octanol–water partition coefficient (Wildman–Crippen LogP) is 0.875. The van der Waals surface area contributed by atoms with E-state index >= 15 is 0 Å². The zero-order valence-corrected chi connectivity index (χ0v) is 15.7. The molecule has 0 aromatic carbocycles. The van der Waals surface area contributed by atoms with Crippen LogP contribution in [-0.4, -0.2) is 75.0 Å². The van der Waals surface area contributed by atoms with E-state index in [2.05, 4.69) is 15.5 Å². The number of hydrogen-bond acceptors (Lipinski definition) is 5. The molecule has 1 atom stereocenters. The van der Waals surface area contributed by atoms with Crippen molar-refractivity contribution < 1.29 is 31.5 Å². The van der Waals surface area contributed by atoms with Gasteiger partial charge in [-0.25, -0.2) is 8.78 Å². The molecule has 1 saturated heterocycles. The summed E-state index contributed by atoms with van der Waals surface area (Å²) in [5, 5.41) is 9.53. The number of aromatic nitrogens is 3. The zero-order chi connectivity index (χ0) is 21.4. The lowest BCUT2D eigenvalue weighted by atomic mass is 10.0. The van der Waals surface area contributed by atoms with Gasteiger partial charge in [0.2, 0.25) is 17.6 Å². The Labute approximate surface area is 163 Å². The first-order valence-electron chi connectivity index (χ1n) is 9.10. The average Bonchev–Trinajstić information content (AvgIpc) is 3.07. The summed E-state index contributed by atoms with van der Waals surface area (Å²) in [6, 6.07) is -0.564. The lowest BCUT2D eigenvalue weighted by Gasteiger charge is -2.35. The van der Waals surface area contributed by atoms with Crippen molar-refractivity contribution in [2.75, 3.05) is 26.7 Å². The van der Waals surface area contributed by atoms with Gasteiger partial charge in [-0.05, 0) is 7.05 Å². The number of piperidine rings is 1. The number of halogens is 5. The van der Waals surface area contributed by atoms with Crippen molar-refractivity contribution in [2.24, 2.45) is 0 Å². The summed E-state index contributed by atoms with van der Waals surface area (Å²) in [7, 11) is 1.55. The van der Waals surface area contributed by atoms with Crippen molar-refractivity contribution in [3.05, 3.63) is 11.6 Å². The van der Waals surface area contributed by atoms with Gasteiger partial charge in [-0.2, -0.15) is 13.2 Å². The van der Waals surface area contributed by atoms with Crippen molar-refractivity contribution in [3.63, 3.8) is 0 Å². The molecule has 1 fully saturated rings. The van der Waals surface area contributed by atoms with Crippen LogP contribution in [0.25, 0.3) is 0 Å². The van der Waals surface area contributed by atoms with Crippen LogP contribution in [0.2, 0.25) is 0 Å². The largest absolute Gasteiger partial charge is 0.451 e. The Bertz CT molecular complexity index is 780. The van der Waals surface area contributed by atoms with E-state index < -0.39 is 42.8 Å². The topological polar surface area (TPSA) is 83.4 Å². The zero-order valence-electron chi connectivity index (χ0n) is 15.7. The molecule has 1 N–H and O–H groups in total. The second kappa shape index (κ2) is 7.84. The minimum absolute atomic E-state index is 0.0313. The third kappa shape index (κ3) is 4.82. The van der Waals surface area contributed by atoms with E-state index in [4.69, 9.17) is 0 Å². The van der Waals surface area contributed by atoms with Gasteiger partial charge in [-0.1, -0.05) is 0 Å². The quantitative estimate of drug-likeness (QED) is 0.710. The van der Waals surface area contributed by atoms with Gasteiger partial charge in [0.1, 0.15) is 0 Å². The van der Waals surface area contributed by atoms with Crippen LogP contribution in [0.3, 0.4) is 0 Å². The Morgan fingerprint density at radius 3 is 2.66 bits per heavy atom. The highest BCUT2D eigenvalue weighted by molar-refractivity contribution is 5.78. The molecule has 2 aliphatic rings. The SMILES string of the molecule is CN[C@@H](CC(=O)N1CCn2c(nnc2C(F)(F)F)C1)CN1CC(F)(F)CCC1=O. The van der Waals surface area contributed by atoms with E-state index in [0.29, 0.717) is 0 Å². The average molecular weight is 424 g/mol. The van der Waals surface area contributed by atoms with Gasteiger partial charge in [0.05, 0.1) is 13.1 Å². The van der Waals surface area contributed by atoms with Gasteiger partial charge in [0.25, 0.3) is 5.92 Å². The third-order valence-electron chi connectivity index (χ3n) is 5.11. The first-order chi connectivity index (χ1) is 13.5. The van der Waals surface area contributed by atoms with Crippen molar-refractivity contribution in [2.45, 2.75) is 50.5 Å². The molecule has 8 nitrogen and oxygen atoms in total. The number of amides is 2. The Morgan fingerprint density at radius 2 is 2.00 bits per heavy atom. The number of fused-ring (bicyclic) bond motifs is 1. The van der Waals surface area contributed by atoms with Crippen LogP contribution in [0.4, 0.5) is 22.0 Å². The van der Waals surface area contributed by atoms with Crippen LogP contribution in [0.15, 0.2) is 0 Å². The molecule has 0 unspecified atom stereocenters. The van der Waals surface area contributed by atoms with Gasteiger partial charge in [-0.3, -0.25) is 9.59 Å². The Hall–Kier alpha value is -2.31. The van der Waals surface area contributed by atoms with Crippen LogP contribution in [0.5, 0.6) is 0 Å². The Kier molecular flexibility index (Phi) is 5.79. The van der Waals surface area contributed by atoms with Gasteiger partial charge in [0, 0.05) is 44.9 Å². The van der Waals surface area contributed by atoms with E-state index in [1.54, 1.807) is 7.05 Å². The van der Waals surface area contributed by atoms with E-state index in [-0.39, 0.29) is 50.8 Å². The molecule has 3 heterocycles. The highest BCUT2D eigenvalue weighted by Gasteiger charge is 2.41. The number of likely N-dealkylation sites (N-methyl/N-ethyl adjacent to an activating group) is 1. The van der Waals surface area contributed by atoms with Crippen LogP contribution in [0, 0.1) is 0 Å². The molecule has 13 heteroatoms. The van der Waals surface area contributed by atoms with Crippen molar-refractivity contribution >= 4 is 11.8 Å². The molecule has 0 spiro atoms. The summed E-state index contributed by atoms with van der Waals surface area (Å²) in [6.45, 7) is -0.919. The number of nitrogens with one attached hydrogen (secondary N) is 1. The number of carbonyl (C=O) groups is 2. The third-order valence-corrected chi connectivity index (χ3v) is 5.11. The highest BCUT2D eigenvalue weighted by Crippen LogP contribution is 2.30. The molecule has 1 aromatic rings. The van der Waals surface area contributed by atoms with Crippen LogP contribution < -0.4 is 5.32 Å². The second-order valence-corrected chi connectivity index (χ2v) is 7.22. The molecule has 3 rings (SSSR count). The number of rotatable bonds is 5. The molecule has 0 aliphatic carbocycles. The van der Waals surface area contributed by atoms with E-state index in [9.17, 15) is 31.5 Å². The maximum absolute atomic E-state index is 13.6. The lowest BCUT2D eigenvalue weighted by molar-refractivity contribution is -0.149. The molecule has 0 saturated carbocycles. The molecule has 2 aliphatic heterocycles. The van der Waals surface area contributed by atoms with Crippen LogP contribution in [0.1, 0.15) is 30.9 Å². The Balaban J connectivity index is 1.60. The van der Waals surface area contributed by atoms with Gasteiger partial charge < -0.3 is 19.7 Å². The monoisotopic (exact) mass is 424 g/mol. The summed E-state index contributed by atoms with van der Waals surface area (Å²) in [6.07, 6.45) is -5.45. The summed E-state index contributed by atoms with van der Waals surface area (Å²) >= 11 is 0. The Morgan fingerprint density at radius 1 is 1.28 bits per heavy atom. The molecule has 0 radical (unpaired) electrons.